The first-order chi connectivity index (χ1) is 15.8. The van der Waals surface area contributed by atoms with Gasteiger partial charge in [0.05, 0.1) is 28.6 Å². The first-order valence-electron chi connectivity index (χ1n) is 10.6. The topological polar surface area (TPSA) is 109 Å². The van der Waals surface area contributed by atoms with Crippen LogP contribution in [0.3, 0.4) is 0 Å². The predicted octanol–water partition coefficient (Wildman–Crippen LogP) is 4.56. The zero-order chi connectivity index (χ0) is 23.2. The number of fused-ring (bicyclic) bond motifs is 2. The lowest BCUT2D eigenvalue weighted by molar-refractivity contribution is 0.243. The van der Waals surface area contributed by atoms with Crippen LogP contribution < -0.4 is 10.1 Å². The number of sulfone groups is 1. The van der Waals surface area contributed by atoms with Gasteiger partial charge in [-0.1, -0.05) is 17.7 Å². The summed E-state index contributed by atoms with van der Waals surface area (Å²) in [7, 11) is -3.73. The Kier molecular flexibility index (Phi) is 5.13. The van der Waals surface area contributed by atoms with Crippen LogP contribution in [0.15, 0.2) is 63.7 Å². The van der Waals surface area contributed by atoms with E-state index in [-0.39, 0.29) is 16.0 Å². The number of aryl methyl sites for hydroxylation is 1. The molecule has 0 saturated carbocycles. The number of nitrogens with one attached hydrogen (secondary N) is 2. The Morgan fingerprint density at radius 1 is 1.09 bits per heavy atom. The number of anilines is 2. The Balaban J connectivity index is 1.56. The van der Waals surface area contributed by atoms with Gasteiger partial charge in [0.15, 0.2) is 0 Å². The number of hydrogen-bond donors (Lipinski definition) is 2. The fraction of sp³-hybridized carbons (Fsp3) is 0.208. The molecule has 2 N–H and O–H groups in total. The number of ether oxygens (including phenoxy) is 1. The van der Waals surface area contributed by atoms with E-state index in [1.807, 2.05) is 39.1 Å². The number of H-pyrrole nitrogens is 1. The van der Waals surface area contributed by atoms with E-state index in [1.54, 1.807) is 30.3 Å². The number of benzene rings is 2. The lowest BCUT2D eigenvalue weighted by atomic mass is 10.1. The average Bonchev–Trinajstić information content (AvgIpc) is 3.41. The van der Waals surface area contributed by atoms with Crippen molar-refractivity contribution in [1.29, 1.82) is 0 Å². The molecule has 0 amide bonds. The second-order valence-electron chi connectivity index (χ2n) is 8.24. The van der Waals surface area contributed by atoms with Crippen LogP contribution >= 0.6 is 0 Å². The molecule has 168 valence electrons. The molecule has 0 aliphatic carbocycles. The molecule has 1 aliphatic rings. The summed E-state index contributed by atoms with van der Waals surface area (Å²) in [6, 6.07) is 12.3. The van der Waals surface area contributed by atoms with Gasteiger partial charge in [-0.05, 0) is 62.2 Å². The third-order valence-electron chi connectivity index (χ3n) is 5.37. The van der Waals surface area contributed by atoms with Crippen molar-refractivity contribution in [3.63, 3.8) is 0 Å². The molecule has 0 atom stereocenters. The van der Waals surface area contributed by atoms with Gasteiger partial charge in [0.1, 0.15) is 28.6 Å². The van der Waals surface area contributed by atoms with Crippen LogP contribution in [0.1, 0.15) is 30.5 Å². The van der Waals surface area contributed by atoms with Gasteiger partial charge in [0.25, 0.3) is 0 Å². The molecule has 0 fully saturated rings. The molecule has 0 saturated heterocycles. The Morgan fingerprint density at radius 2 is 1.88 bits per heavy atom. The van der Waals surface area contributed by atoms with Crippen molar-refractivity contribution in [3.05, 3.63) is 65.5 Å². The zero-order valence-electron chi connectivity index (χ0n) is 18.5. The monoisotopic (exact) mass is 461 g/mol. The quantitative estimate of drug-likeness (QED) is 0.436. The summed E-state index contributed by atoms with van der Waals surface area (Å²) in [6.45, 7) is 6.46. The predicted molar refractivity (Wildman–Crippen MR) is 127 cm³/mol. The molecule has 0 spiro atoms. The van der Waals surface area contributed by atoms with Crippen LogP contribution in [-0.4, -0.2) is 35.7 Å². The van der Waals surface area contributed by atoms with E-state index in [4.69, 9.17) is 4.74 Å². The van der Waals surface area contributed by atoms with Gasteiger partial charge in [-0.2, -0.15) is 0 Å². The molecular weight excluding hydrogens is 438 g/mol. The van der Waals surface area contributed by atoms with Gasteiger partial charge in [-0.15, -0.1) is 0 Å². The van der Waals surface area contributed by atoms with Gasteiger partial charge in [-0.25, -0.2) is 18.4 Å². The summed E-state index contributed by atoms with van der Waals surface area (Å²) < 4.78 is 32.3. The minimum absolute atomic E-state index is 0.0187. The maximum Gasteiger partial charge on any atom is 0.221 e. The van der Waals surface area contributed by atoms with E-state index in [0.717, 1.165) is 22.4 Å². The molecule has 2 aromatic heterocycles. The highest BCUT2D eigenvalue weighted by Gasteiger charge is 2.22. The van der Waals surface area contributed by atoms with E-state index in [9.17, 15) is 8.42 Å². The van der Waals surface area contributed by atoms with E-state index < -0.39 is 9.84 Å². The molecule has 0 unspecified atom stereocenters. The van der Waals surface area contributed by atoms with E-state index in [1.165, 1.54) is 6.33 Å². The maximum atomic E-state index is 13.2. The Morgan fingerprint density at radius 3 is 2.64 bits per heavy atom. The van der Waals surface area contributed by atoms with Crippen molar-refractivity contribution < 1.29 is 13.2 Å². The standard InChI is InChI=1S/C24H23N5O3S/c1-14(2)32-21-9-17-12-25-11-16(17)8-20(21)28-23-19-10-22(29-24(19)27-13-26-23)33(30,31)18-6-4-15(3)5-7-18/h4-11,13-14H,12H2,1-3H3,(H2,26,27,28,29). The first-order valence-corrected chi connectivity index (χ1v) is 12.1. The van der Waals surface area contributed by atoms with Crippen LogP contribution in [-0.2, 0) is 16.4 Å². The van der Waals surface area contributed by atoms with Crippen molar-refractivity contribution in [3.8, 4) is 5.75 Å². The number of aromatic amines is 1. The Hall–Kier alpha value is -3.72. The van der Waals surface area contributed by atoms with Crippen LogP contribution in [0, 0.1) is 6.92 Å². The minimum atomic E-state index is -3.73. The van der Waals surface area contributed by atoms with E-state index in [2.05, 4.69) is 25.3 Å². The normalized spacial score (nSPS) is 13.0. The summed E-state index contributed by atoms with van der Waals surface area (Å²) in [6.07, 6.45) is 3.20. The average molecular weight is 462 g/mol. The molecule has 5 rings (SSSR count). The molecule has 9 heteroatoms. The fourth-order valence-corrected chi connectivity index (χ4v) is 4.97. The summed E-state index contributed by atoms with van der Waals surface area (Å²) in [5.74, 6) is 1.16. The second-order valence-corrected chi connectivity index (χ2v) is 10.2. The van der Waals surface area contributed by atoms with Gasteiger partial charge in [0, 0.05) is 6.21 Å². The molecule has 4 aromatic rings. The highest BCUT2D eigenvalue weighted by atomic mass is 32.2. The Bertz CT molecular complexity index is 1490. The molecule has 0 bridgehead atoms. The van der Waals surface area contributed by atoms with Crippen LogP contribution in [0.5, 0.6) is 5.75 Å². The van der Waals surface area contributed by atoms with Gasteiger partial charge in [-0.3, -0.25) is 4.99 Å². The summed E-state index contributed by atoms with van der Waals surface area (Å²) in [5, 5.41) is 3.93. The fourth-order valence-electron chi connectivity index (χ4n) is 3.72. The molecular formula is C24H23N5O3S. The van der Waals surface area contributed by atoms with Crippen molar-refractivity contribution in [2.24, 2.45) is 4.99 Å². The first kappa shape index (κ1) is 21.1. The highest BCUT2D eigenvalue weighted by Crippen LogP contribution is 2.35. The third-order valence-corrected chi connectivity index (χ3v) is 7.06. The van der Waals surface area contributed by atoms with Gasteiger partial charge < -0.3 is 15.0 Å². The number of nitrogens with zero attached hydrogens (tertiary/aromatic N) is 3. The largest absolute Gasteiger partial charge is 0.489 e. The molecule has 2 aromatic carbocycles. The highest BCUT2D eigenvalue weighted by molar-refractivity contribution is 7.91. The molecule has 0 radical (unpaired) electrons. The van der Waals surface area contributed by atoms with Crippen molar-refractivity contribution in [2.75, 3.05) is 5.32 Å². The summed E-state index contributed by atoms with van der Waals surface area (Å²) >= 11 is 0. The number of hydrogen-bond acceptors (Lipinski definition) is 7. The SMILES string of the molecule is Cc1ccc(S(=O)(=O)c2cc3c(Nc4cc5c(cc4OC(C)C)CN=C5)ncnc3[nH]2)cc1. The van der Waals surface area contributed by atoms with Crippen LogP contribution in [0.25, 0.3) is 11.0 Å². The smallest absolute Gasteiger partial charge is 0.221 e. The van der Waals surface area contributed by atoms with E-state index >= 15 is 0 Å². The van der Waals surface area contributed by atoms with Crippen molar-refractivity contribution >= 4 is 38.6 Å². The number of aliphatic imine (C=N–C) groups is 1. The molecule has 8 nitrogen and oxygen atoms in total. The zero-order valence-corrected chi connectivity index (χ0v) is 19.3. The molecule has 33 heavy (non-hydrogen) atoms. The maximum absolute atomic E-state index is 13.2. The lowest BCUT2D eigenvalue weighted by Crippen LogP contribution is -2.08. The number of aromatic nitrogens is 3. The third kappa shape index (κ3) is 3.95. The van der Waals surface area contributed by atoms with Crippen molar-refractivity contribution in [1.82, 2.24) is 15.0 Å². The van der Waals surface area contributed by atoms with Crippen molar-refractivity contribution in [2.45, 2.75) is 43.3 Å². The Labute approximate surface area is 191 Å². The van der Waals surface area contributed by atoms with Crippen LogP contribution in [0.2, 0.25) is 0 Å². The lowest BCUT2D eigenvalue weighted by Gasteiger charge is -2.17. The van der Waals surface area contributed by atoms with E-state index in [0.29, 0.717) is 29.1 Å². The molecule has 1 aliphatic heterocycles. The van der Waals surface area contributed by atoms with Gasteiger partial charge >= 0.3 is 0 Å². The molecule has 3 heterocycles. The summed E-state index contributed by atoms with van der Waals surface area (Å²) in [5.41, 5.74) is 4.24. The minimum Gasteiger partial charge on any atom is -0.489 e. The second kappa shape index (κ2) is 8.00. The van der Waals surface area contributed by atoms with Crippen LogP contribution in [0.4, 0.5) is 11.5 Å². The van der Waals surface area contributed by atoms with Gasteiger partial charge in [0.2, 0.25) is 9.84 Å². The number of rotatable bonds is 6. The summed E-state index contributed by atoms with van der Waals surface area (Å²) in [4.78, 5) is 16.1.